The van der Waals surface area contributed by atoms with Crippen LogP contribution in [0.1, 0.15) is 36.8 Å². The second-order valence-electron chi connectivity index (χ2n) is 7.85. The average Bonchev–Trinajstić information content (AvgIpc) is 3.06. The Morgan fingerprint density at radius 2 is 1.89 bits per heavy atom. The lowest BCUT2D eigenvalue weighted by atomic mass is 9.98. The normalized spacial score (nSPS) is 15.1. The summed E-state index contributed by atoms with van der Waals surface area (Å²) in [6, 6.07) is 4.48. The fourth-order valence-corrected chi connectivity index (χ4v) is 4.86. The third-order valence-corrected chi connectivity index (χ3v) is 6.72. The third kappa shape index (κ3) is 6.35. The lowest BCUT2D eigenvalue weighted by Crippen LogP contribution is -2.29. The molecule has 1 heterocycles. The number of phenolic OH excluding ortho intramolecular Hbond substituents is 1. The Hall–Kier alpha value is -3.12. The summed E-state index contributed by atoms with van der Waals surface area (Å²) in [7, 11) is 1.23. The van der Waals surface area contributed by atoms with E-state index in [2.05, 4.69) is 0 Å². The van der Waals surface area contributed by atoms with Crippen molar-refractivity contribution in [1.29, 1.82) is 0 Å². The predicted octanol–water partition coefficient (Wildman–Crippen LogP) is 6.07. The number of hydrogen-bond acceptors (Lipinski definition) is 6. The molecule has 1 aliphatic rings. The van der Waals surface area contributed by atoms with Gasteiger partial charge in [0.05, 0.1) is 17.6 Å². The van der Waals surface area contributed by atoms with Crippen molar-refractivity contribution in [2.24, 2.45) is 0 Å². The van der Waals surface area contributed by atoms with Crippen LogP contribution in [0.4, 0.5) is 17.6 Å². The van der Waals surface area contributed by atoms with Crippen LogP contribution in [0.15, 0.2) is 35.2 Å². The predicted molar refractivity (Wildman–Crippen MR) is 131 cm³/mol. The van der Waals surface area contributed by atoms with Gasteiger partial charge < -0.3 is 14.9 Å². The highest BCUT2D eigenvalue weighted by molar-refractivity contribution is 8.26. The third-order valence-electron chi connectivity index (χ3n) is 5.34. The number of alkyl halides is 3. The minimum Gasteiger partial charge on any atom is -0.504 e. The number of unbranched alkanes of at least 4 members (excludes halogenated alkanes) is 2. The maximum Gasteiger partial charge on any atom is 0.416 e. The highest BCUT2D eigenvalue weighted by Crippen LogP contribution is 2.42. The zero-order valence-corrected chi connectivity index (χ0v) is 20.5. The van der Waals surface area contributed by atoms with Gasteiger partial charge in [-0.2, -0.15) is 13.2 Å². The molecule has 36 heavy (non-hydrogen) atoms. The number of hydrogen-bond donors (Lipinski definition) is 2. The Balaban J connectivity index is 1.91. The standard InChI is InChI=1S/C24H21F4NO5S2/c1-34-18-10-13(9-16(21(18)32)15-12-14(24(26,27)28)6-7-17(15)25)11-19-22(33)29(23(35)36-19)8-4-2-3-5-20(30)31/h6-7,9-12,32H,2-5,8H2,1H3,(H,30,31)/b19-11-. The molecule has 1 saturated heterocycles. The van der Waals surface area contributed by atoms with Crippen LogP contribution in [-0.4, -0.2) is 45.0 Å². The van der Waals surface area contributed by atoms with Crippen LogP contribution in [0.25, 0.3) is 17.2 Å². The number of carboxylic acids is 1. The number of carboxylic acid groups (broad SMARTS) is 1. The number of rotatable bonds is 9. The maximum atomic E-state index is 14.5. The molecule has 0 bridgehead atoms. The van der Waals surface area contributed by atoms with Gasteiger partial charge in [-0.3, -0.25) is 14.5 Å². The van der Waals surface area contributed by atoms with Crippen molar-refractivity contribution in [3.8, 4) is 22.6 Å². The molecule has 0 atom stereocenters. The number of thioether (sulfide) groups is 1. The van der Waals surface area contributed by atoms with E-state index >= 15 is 0 Å². The van der Waals surface area contributed by atoms with Crippen LogP contribution < -0.4 is 4.74 Å². The van der Waals surface area contributed by atoms with Gasteiger partial charge in [0.15, 0.2) is 11.5 Å². The van der Waals surface area contributed by atoms with Gasteiger partial charge in [0, 0.05) is 24.1 Å². The lowest BCUT2D eigenvalue weighted by Gasteiger charge is -2.14. The summed E-state index contributed by atoms with van der Waals surface area (Å²) in [5.41, 5.74) is -1.53. The first-order valence-electron chi connectivity index (χ1n) is 10.7. The van der Waals surface area contributed by atoms with Gasteiger partial charge in [0.25, 0.3) is 5.91 Å². The van der Waals surface area contributed by atoms with Crippen LogP contribution >= 0.6 is 24.0 Å². The molecule has 192 valence electrons. The largest absolute Gasteiger partial charge is 0.504 e. The van der Waals surface area contributed by atoms with Crippen LogP contribution in [0.3, 0.4) is 0 Å². The Labute approximate surface area is 213 Å². The summed E-state index contributed by atoms with van der Waals surface area (Å²) in [6.07, 6.45) is -1.62. The Kier molecular flexibility index (Phi) is 8.62. The number of halogens is 4. The number of phenols is 1. The van der Waals surface area contributed by atoms with E-state index in [1.54, 1.807) is 0 Å². The molecule has 2 aromatic carbocycles. The molecule has 1 fully saturated rings. The quantitative estimate of drug-likeness (QED) is 0.172. The fraction of sp³-hybridized carbons (Fsp3) is 0.292. The van der Waals surface area contributed by atoms with E-state index in [1.165, 1.54) is 30.2 Å². The first-order valence-corrected chi connectivity index (χ1v) is 11.9. The number of carbonyl (C=O) groups excluding carboxylic acids is 1. The monoisotopic (exact) mass is 543 g/mol. The van der Waals surface area contributed by atoms with Crippen LogP contribution in [-0.2, 0) is 15.8 Å². The van der Waals surface area contributed by atoms with E-state index in [-0.39, 0.29) is 34.1 Å². The van der Waals surface area contributed by atoms with Crippen LogP contribution in [0.2, 0.25) is 0 Å². The average molecular weight is 544 g/mol. The summed E-state index contributed by atoms with van der Waals surface area (Å²) in [5.74, 6) is -2.93. The number of benzene rings is 2. The Bertz CT molecular complexity index is 1230. The molecule has 2 N–H and O–H groups in total. The molecule has 0 saturated carbocycles. The first kappa shape index (κ1) is 27.5. The van der Waals surface area contributed by atoms with E-state index < -0.39 is 34.8 Å². The zero-order valence-electron chi connectivity index (χ0n) is 18.9. The van der Waals surface area contributed by atoms with Crippen LogP contribution in [0.5, 0.6) is 11.5 Å². The molecular weight excluding hydrogens is 522 g/mol. The van der Waals surface area contributed by atoms with Crippen molar-refractivity contribution in [2.45, 2.75) is 31.9 Å². The van der Waals surface area contributed by atoms with Crippen molar-refractivity contribution in [2.75, 3.05) is 13.7 Å². The zero-order chi connectivity index (χ0) is 26.6. The maximum absolute atomic E-state index is 14.5. The van der Waals surface area contributed by atoms with Gasteiger partial charge in [0.1, 0.15) is 10.1 Å². The van der Waals surface area contributed by atoms with Gasteiger partial charge in [-0.25, -0.2) is 4.39 Å². The van der Waals surface area contributed by atoms with E-state index in [1.807, 2.05) is 0 Å². The Morgan fingerprint density at radius 3 is 2.53 bits per heavy atom. The lowest BCUT2D eigenvalue weighted by molar-refractivity contribution is -0.138. The van der Waals surface area contributed by atoms with E-state index in [9.17, 15) is 32.3 Å². The minimum atomic E-state index is -4.72. The summed E-state index contributed by atoms with van der Waals surface area (Å²) >= 11 is 6.30. The smallest absolute Gasteiger partial charge is 0.416 e. The summed E-state index contributed by atoms with van der Waals surface area (Å²) < 4.78 is 59.5. The topological polar surface area (TPSA) is 87.1 Å². The fourth-order valence-electron chi connectivity index (χ4n) is 3.55. The van der Waals surface area contributed by atoms with Gasteiger partial charge >= 0.3 is 12.1 Å². The molecule has 12 heteroatoms. The number of aromatic hydroxyl groups is 1. The first-order chi connectivity index (χ1) is 16.9. The van der Waals surface area contributed by atoms with Crippen molar-refractivity contribution in [1.82, 2.24) is 4.90 Å². The van der Waals surface area contributed by atoms with Gasteiger partial charge in [-0.15, -0.1) is 0 Å². The Morgan fingerprint density at radius 1 is 1.17 bits per heavy atom. The minimum absolute atomic E-state index is 0.0375. The molecule has 1 aliphatic heterocycles. The molecule has 0 aromatic heterocycles. The van der Waals surface area contributed by atoms with Gasteiger partial charge in [-0.1, -0.05) is 30.4 Å². The van der Waals surface area contributed by atoms with Crippen LogP contribution in [0, 0.1) is 5.82 Å². The van der Waals surface area contributed by atoms with Gasteiger partial charge in [0.2, 0.25) is 0 Å². The molecule has 3 rings (SSSR count). The summed E-state index contributed by atoms with van der Waals surface area (Å²) in [5, 5.41) is 19.2. The summed E-state index contributed by atoms with van der Waals surface area (Å²) in [6.45, 7) is 0.307. The highest BCUT2D eigenvalue weighted by Gasteiger charge is 2.33. The molecule has 0 spiro atoms. The number of thiocarbonyl (C=S) groups is 1. The van der Waals surface area contributed by atoms with Crippen molar-refractivity contribution in [3.05, 3.63) is 52.2 Å². The second-order valence-corrected chi connectivity index (χ2v) is 9.53. The molecule has 6 nitrogen and oxygen atoms in total. The molecule has 1 amide bonds. The molecule has 0 radical (unpaired) electrons. The number of amides is 1. The number of nitrogens with zero attached hydrogens (tertiary/aromatic N) is 1. The molecule has 0 aliphatic carbocycles. The van der Waals surface area contributed by atoms with Crippen molar-refractivity contribution >= 4 is 46.3 Å². The van der Waals surface area contributed by atoms with E-state index in [4.69, 9.17) is 22.1 Å². The van der Waals surface area contributed by atoms with Gasteiger partial charge in [-0.05, 0) is 54.8 Å². The number of aliphatic carboxylic acids is 1. The number of ether oxygens (including phenoxy) is 1. The van der Waals surface area contributed by atoms with E-state index in [0.29, 0.717) is 48.3 Å². The SMILES string of the molecule is COc1cc(/C=C2\SC(=S)N(CCCCCC(=O)O)C2=O)cc(-c2cc(C(F)(F)F)ccc2F)c1O. The summed E-state index contributed by atoms with van der Waals surface area (Å²) in [4.78, 5) is 25.1. The molecule has 0 unspecified atom stereocenters. The second kappa shape index (κ2) is 11.3. The van der Waals surface area contributed by atoms with Crippen molar-refractivity contribution in [3.63, 3.8) is 0 Å². The molecule has 2 aromatic rings. The highest BCUT2D eigenvalue weighted by atomic mass is 32.2. The van der Waals surface area contributed by atoms with E-state index in [0.717, 1.165) is 11.8 Å². The number of methoxy groups -OCH3 is 1. The van der Waals surface area contributed by atoms with Crippen molar-refractivity contribution < 1.29 is 42.1 Å². The number of carbonyl (C=O) groups is 2. The molecular formula is C24H21F4NO5S2.